The van der Waals surface area contributed by atoms with Gasteiger partial charge in [-0.2, -0.15) is 9.97 Å². The molecule has 5 atom stereocenters. The molecule has 5 aliphatic rings. The van der Waals surface area contributed by atoms with Crippen LogP contribution in [0.2, 0.25) is 0 Å². The van der Waals surface area contributed by atoms with Gasteiger partial charge in [-0.1, -0.05) is 5.92 Å². The third kappa shape index (κ3) is 4.21. The number of benzene rings is 3. The number of hydrogen-bond donors (Lipinski definition) is 2. The van der Waals surface area contributed by atoms with Gasteiger partial charge in [0.05, 0.1) is 22.5 Å². The number of anilines is 2. The molecule has 1 aromatic heterocycles. The lowest BCUT2D eigenvalue weighted by Crippen LogP contribution is -2.60. The van der Waals surface area contributed by atoms with Gasteiger partial charge in [0.25, 0.3) is 0 Å². The van der Waals surface area contributed by atoms with Crippen molar-refractivity contribution < 1.29 is 31.4 Å². The molecule has 0 amide bonds. The number of hydrogen-bond acceptors (Lipinski definition) is 8. The van der Waals surface area contributed by atoms with E-state index in [4.69, 9.17) is 26.6 Å². The second kappa shape index (κ2) is 10.5. The lowest BCUT2D eigenvalue weighted by Gasteiger charge is -2.40. The molecule has 3 N–H and O–H groups in total. The molecule has 248 valence electrons. The smallest absolute Gasteiger partial charge is 0.319 e. The first-order valence-electron chi connectivity index (χ1n) is 16.2. The fourth-order valence-electron chi connectivity index (χ4n) is 8.84. The Morgan fingerprint density at radius 1 is 1.04 bits per heavy atom. The standard InChI is InChI=1S/C35H31F5N6O2/c1-2-19-26-20(8-17(41)9-22(26)29(38)31(40)28(19)37)21-10-25-27-32(30(21)39)43-34(48-15-35-6-3-7-45(35)12-16(36)11-35)44-33(27)46-13-18-4-5-23(42-18)24(46)14-47-25/h1,8-10,16,18,23-24,42H,3-7,11-15,41H2/t16-,18?,23?,24?,35+/m1/s1. The maximum Gasteiger partial charge on any atom is 0.319 e. The van der Waals surface area contributed by atoms with Crippen molar-refractivity contribution in [2.24, 2.45) is 0 Å². The lowest BCUT2D eigenvalue weighted by molar-refractivity contribution is 0.107. The topological polar surface area (TPSA) is 88.8 Å². The van der Waals surface area contributed by atoms with E-state index in [0.29, 0.717) is 30.7 Å². The first kappa shape index (κ1) is 29.7. The van der Waals surface area contributed by atoms with Crippen LogP contribution in [0.1, 0.15) is 37.7 Å². The van der Waals surface area contributed by atoms with Crippen molar-refractivity contribution >= 4 is 33.2 Å². The molecule has 0 aliphatic carbocycles. The largest absolute Gasteiger partial charge is 0.491 e. The van der Waals surface area contributed by atoms with E-state index >= 15 is 13.2 Å². The van der Waals surface area contributed by atoms with Gasteiger partial charge in [0.1, 0.15) is 36.5 Å². The number of nitrogens with one attached hydrogen (secondary N) is 1. The molecule has 0 saturated carbocycles. The highest BCUT2D eigenvalue weighted by Gasteiger charge is 2.50. The normalized spacial score (nSPS) is 27.5. The third-order valence-electron chi connectivity index (χ3n) is 11.0. The van der Waals surface area contributed by atoms with Crippen LogP contribution in [-0.2, 0) is 0 Å². The number of rotatable bonds is 4. The number of fused-ring (bicyclic) bond motifs is 7. The number of piperazine rings is 1. The van der Waals surface area contributed by atoms with Crippen molar-refractivity contribution in [1.29, 1.82) is 0 Å². The van der Waals surface area contributed by atoms with E-state index in [1.165, 1.54) is 12.1 Å². The summed E-state index contributed by atoms with van der Waals surface area (Å²) in [5.41, 5.74) is 4.69. The summed E-state index contributed by atoms with van der Waals surface area (Å²) in [6.07, 6.45) is 8.57. The number of halogens is 5. The van der Waals surface area contributed by atoms with E-state index in [1.807, 2.05) is 0 Å². The molecule has 8 nitrogen and oxygen atoms in total. The molecule has 0 radical (unpaired) electrons. The van der Waals surface area contributed by atoms with E-state index in [0.717, 1.165) is 38.3 Å². The third-order valence-corrected chi connectivity index (χ3v) is 11.0. The molecule has 48 heavy (non-hydrogen) atoms. The van der Waals surface area contributed by atoms with Crippen molar-refractivity contribution in [3.8, 4) is 35.2 Å². The summed E-state index contributed by atoms with van der Waals surface area (Å²) in [7, 11) is 0. The van der Waals surface area contributed by atoms with Gasteiger partial charge < -0.3 is 25.4 Å². The van der Waals surface area contributed by atoms with E-state index in [1.54, 1.807) is 0 Å². The highest BCUT2D eigenvalue weighted by atomic mass is 19.2. The van der Waals surface area contributed by atoms with Crippen LogP contribution in [0.5, 0.6) is 11.8 Å². The van der Waals surface area contributed by atoms with Gasteiger partial charge in [-0.05, 0) is 56.0 Å². The Labute approximate surface area is 272 Å². The predicted octanol–water partition coefficient (Wildman–Crippen LogP) is 5.23. The minimum absolute atomic E-state index is 0.0219. The predicted molar refractivity (Wildman–Crippen MR) is 170 cm³/mol. The zero-order valence-corrected chi connectivity index (χ0v) is 25.8. The number of alkyl halides is 1. The summed E-state index contributed by atoms with van der Waals surface area (Å²) in [5.74, 6) is -2.84. The van der Waals surface area contributed by atoms with Gasteiger partial charge >= 0.3 is 6.01 Å². The zero-order valence-electron chi connectivity index (χ0n) is 25.8. The molecular formula is C35H31F5N6O2. The molecule has 2 bridgehead atoms. The molecule has 3 aromatic carbocycles. The molecule has 4 fully saturated rings. The van der Waals surface area contributed by atoms with Crippen LogP contribution in [-0.4, -0.2) is 77.6 Å². The molecule has 3 unspecified atom stereocenters. The Bertz CT molecular complexity index is 2090. The van der Waals surface area contributed by atoms with Crippen molar-refractivity contribution in [2.45, 2.75) is 61.9 Å². The first-order chi connectivity index (χ1) is 23.2. The van der Waals surface area contributed by atoms with Crippen LogP contribution in [0.25, 0.3) is 32.8 Å². The second-order valence-corrected chi connectivity index (χ2v) is 13.7. The van der Waals surface area contributed by atoms with Gasteiger partial charge in [0.15, 0.2) is 23.3 Å². The Morgan fingerprint density at radius 3 is 2.73 bits per heavy atom. The fourth-order valence-corrected chi connectivity index (χ4v) is 8.84. The number of nitrogens with two attached hydrogens (primary N) is 1. The molecule has 9 rings (SSSR count). The van der Waals surface area contributed by atoms with E-state index in [9.17, 15) is 8.78 Å². The first-order valence-corrected chi connectivity index (χ1v) is 16.2. The molecule has 4 saturated heterocycles. The summed E-state index contributed by atoms with van der Waals surface area (Å²) in [6.45, 7) is 2.10. The van der Waals surface area contributed by atoms with Crippen molar-refractivity contribution in [3.63, 3.8) is 0 Å². The van der Waals surface area contributed by atoms with Crippen LogP contribution in [0, 0.1) is 35.6 Å². The van der Waals surface area contributed by atoms with E-state index in [2.05, 4.69) is 26.0 Å². The van der Waals surface area contributed by atoms with Crippen LogP contribution in [0.3, 0.4) is 0 Å². The SMILES string of the molecule is C#Cc1c(F)c(F)c(F)c2cc(N)cc(-c3cc4c5c(nc(OC[C@@]67CCCN6C[C@H](F)C7)nc5c3F)N3CC5CCC(N5)C3CO4)c12. The lowest BCUT2D eigenvalue weighted by atomic mass is 9.92. The van der Waals surface area contributed by atoms with Crippen LogP contribution < -0.4 is 25.4 Å². The van der Waals surface area contributed by atoms with Gasteiger partial charge in [-0.25, -0.2) is 22.0 Å². The Hall–Kier alpha value is -4.41. The molecule has 6 heterocycles. The highest BCUT2D eigenvalue weighted by molar-refractivity contribution is 6.06. The Balaban J connectivity index is 1.26. The van der Waals surface area contributed by atoms with Gasteiger partial charge in [-0.15, -0.1) is 6.42 Å². The highest BCUT2D eigenvalue weighted by Crippen LogP contribution is 2.47. The maximum atomic E-state index is 17.1. The molecular weight excluding hydrogens is 631 g/mol. The van der Waals surface area contributed by atoms with Gasteiger partial charge in [0.2, 0.25) is 0 Å². The summed E-state index contributed by atoms with van der Waals surface area (Å²) < 4.78 is 89.1. The van der Waals surface area contributed by atoms with Gasteiger partial charge in [-0.3, -0.25) is 4.90 Å². The van der Waals surface area contributed by atoms with E-state index in [-0.39, 0.29) is 70.8 Å². The maximum absolute atomic E-state index is 17.1. The zero-order chi connectivity index (χ0) is 33.1. The number of nitrogen functional groups attached to an aromatic ring is 1. The summed E-state index contributed by atoms with van der Waals surface area (Å²) in [4.78, 5) is 13.6. The summed E-state index contributed by atoms with van der Waals surface area (Å²) in [5, 5.41) is 3.36. The number of terminal acetylenes is 1. The second-order valence-electron chi connectivity index (χ2n) is 13.7. The molecule has 5 aliphatic heterocycles. The minimum atomic E-state index is -1.75. The van der Waals surface area contributed by atoms with Crippen molar-refractivity contribution in [1.82, 2.24) is 20.2 Å². The quantitative estimate of drug-likeness (QED) is 0.133. The average Bonchev–Trinajstić information content (AvgIpc) is 3.71. The van der Waals surface area contributed by atoms with Crippen molar-refractivity contribution in [2.75, 3.05) is 43.5 Å². The molecule has 0 spiro atoms. The molecule has 4 aromatic rings. The summed E-state index contributed by atoms with van der Waals surface area (Å²) >= 11 is 0. The van der Waals surface area contributed by atoms with Crippen LogP contribution >= 0.6 is 0 Å². The fraction of sp³-hybridized carbons (Fsp3) is 0.429. The van der Waals surface area contributed by atoms with Crippen LogP contribution in [0.15, 0.2) is 18.2 Å². The van der Waals surface area contributed by atoms with Gasteiger partial charge in [0, 0.05) is 53.6 Å². The number of nitrogens with zero attached hydrogens (tertiary/aromatic N) is 4. The van der Waals surface area contributed by atoms with E-state index < -0.39 is 45.9 Å². The minimum Gasteiger partial charge on any atom is -0.491 e. The Morgan fingerprint density at radius 2 is 1.90 bits per heavy atom. The Kier molecular flexibility index (Phi) is 6.53. The summed E-state index contributed by atoms with van der Waals surface area (Å²) in [6, 6.07) is 4.01. The molecule has 13 heteroatoms. The van der Waals surface area contributed by atoms with Crippen LogP contribution in [0.4, 0.5) is 33.5 Å². The monoisotopic (exact) mass is 662 g/mol. The number of aromatic nitrogens is 2. The number of ether oxygens (including phenoxy) is 2. The average molecular weight is 663 g/mol. The van der Waals surface area contributed by atoms with Crippen molar-refractivity contribution in [3.05, 3.63) is 47.0 Å².